The molecule has 2 saturated heterocycles. The number of benzene rings is 4. The van der Waals surface area contributed by atoms with E-state index in [0.717, 1.165) is 16.1 Å². The van der Waals surface area contributed by atoms with Crippen molar-refractivity contribution in [3.8, 4) is 17.2 Å². The predicted molar refractivity (Wildman–Crippen MR) is 199 cm³/mol. The fraction of sp³-hybridized carbons (Fsp3) is 0.286. The lowest BCUT2D eigenvalue weighted by Gasteiger charge is -2.50. The smallest absolute Gasteiger partial charge is 0.260 e. The third kappa shape index (κ3) is 5.06. The number of aromatic hydroxyl groups is 1. The second-order valence-corrected chi connectivity index (χ2v) is 14.7. The van der Waals surface area contributed by atoms with Crippen LogP contribution in [0.1, 0.15) is 41.0 Å². The number of allylic oxidation sites excluding steroid dienone is 2. The molecule has 0 radical (unpaired) electrons. The molecule has 270 valence electrons. The molecule has 4 aromatic rings. The molecular weight excluding hydrogens is 694 g/mol. The lowest BCUT2D eigenvalue weighted by atomic mass is 9.49. The summed E-state index contributed by atoms with van der Waals surface area (Å²) in [7, 11) is 2.94. The van der Waals surface area contributed by atoms with Crippen molar-refractivity contribution in [1.82, 2.24) is 5.01 Å². The van der Waals surface area contributed by atoms with Gasteiger partial charge in [0.25, 0.3) is 11.8 Å². The summed E-state index contributed by atoms with van der Waals surface area (Å²) in [6.07, 6.45) is 2.26. The van der Waals surface area contributed by atoms with Gasteiger partial charge in [-0.25, -0.2) is 4.90 Å². The number of phenols is 1. The summed E-state index contributed by atoms with van der Waals surface area (Å²) in [5.41, 5.74) is 5.80. The Kier molecular flexibility index (Phi) is 8.33. The van der Waals surface area contributed by atoms with Gasteiger partial charge in [-0.3, -0.25) is 24.6 Å². The number of hydrogen-bond donors (Lipinski definition) is 2. The zero-order valence-electron chi connectivity index (χ0n) is 29.6. The topological polar surface area (TPSA) is 125 Å². The number of nitrogens with one attached hydrogen (secondary N) is 1. The van der Waals surface area contributed by atoms with E-state index in [1.807, 2.05) is 62.4 Å². The molecule has 4 aliphatic rings. The Morgan fingerprint density at radius 2 is 1.58 bits per heavy atom. The molecule has 11 heteroatoms. The summed E-state index contributed by atoms with van der Waals surface area (Å²) in [5.74, 6) is -5.46. The maximum atomic E-state index is 15.4. The van der Waals surface area contributed by atoms with E-state index in [1.165, 1.54) is 25.2 Å². The summed E-state index contributed by atoms with van der Waals surface area (Å²) >= 11 is 6.46. The maximum Gasteiger partial charge on any atom is 0.260 e. The molecule has 53 heavy (non-hydrogen) atoms. The Hall–Kier alpha value is -5.61. The quantitative estimate of drug-likeness (QED) is 0.156. The fourth-order valence-corrected chi connectivity index (χ4v) is 9.38. The first-order valence-corrected chi connectivity index (χ1v) is 17.9. The molecule has 2 N–H and O–H groups in total. The van der Waals surface area contributed by atoms with Crippen LogP contribution < -0.4 is 19.8 Å². The monoisotopic (exact) mass is 731 g/mol. The minimum absolute atomic E-state index is 0.107. The lowest BCUT2D eigenvalue weighted by molar-refractivity contribution is -0.138. The van der Waals surface area contributed by atoms with Gasteiger partial charge in [0.05, 0.1) is 48.8 Å². The Morgan fingerprint density at radius 3 is 2.26 bits per heavy atom. The molecule has 4 aromatic carbocycles. The summed E-state index contributed by atoms with van der Waals surface area (Å²) in [6.45, 7) is 3.79. The molecule has 0 spiro atoms. The van der Waals surface area contributed by atoms with E-state index in [4.69, 9.17) is 21.1 Å². The third-order valence-corrected chi connectivity index (χ3v) is 12.1. The highest BCUT2D eigenvalue weighted by Crippen LogP contribution is 2.66. The molecule has 10 nitrogen and oxygen atoms in total. The molecule has 8 rings (SSSR count). The van der Waals surface area contributed by atoms with Crippen LogP contribution in [-0.4, -0.2) is 48.0 Å². The van der Waals surface area contributed by atoms with Gasteiger partial charge in [0.1, 0.15) is 17.2 Å². The summed E-state index contributed by atoms with van der Waals surface area (Å²) < 4.78 is 11.4. The number of ether oxygens (including phenoxy) is 2. The van der Waals surface area contributed by atoms with Gasteiger partial charge >= 0.3 is 0 Å². The van der Waals surface area contributed by atoms with Crippen LogP contribution in [0, 0.1) is 37.5 Å². The second kappa shape index (κ2) is 12.8. The van der Waals surface area contributed by atoms with Crippen LogP contribution in [0.25, 0.3) is 0 Å². The van der Waals surface area contributed by atoms with Gasteiger partial charge < -0.3 is 14.6 Å². The van der Waals surface area contributed by atoms with E-state index in [2.05, 4.69) is 5.43 Å². The lowest BCUT2D eigenvalue weighted by Crippen LogP contribution is -2.53. The second-order valence-electron chi connectivity index (χ2n) is 14.3. The first kappa shape index (κ1) is 34.5. The van der Waals surface area contributed by atoms with E-state index in [1.54, 1.807) is 36.4 Å². The van der Waals surface area contributed by atoms with Crippen molar-refractivity contribution < 1.29 is 33.8 Å². The number of carbonyl (C=O) groups is 4. The van der Waals surface area contributed by atoms with Crippen molar-refractivity contribution in [1.29, 1.82) is 0 Å². The number of aryl methyl sites for hydroxylation is 2. The molecule has 2 heterocycles. The predicted octanol–water partition coefficient (Wildman–Crippen LogP) is 6.87. The SMILES string of the molecule is COc1cc(O)c([C@H]2C3=CC[C@@H]4C(=O)N(c5ccc(C)c(Cl)c5)C(=O)[C@@H]4[C@@H]3C[C@H]3C(=O)N(Nc4ccc(C)cc4)C(=O)[C@@]23c2ccccc2)c(OC)c1. The fourth-order valence-electron chi connectivity index (χ4n) is 9.20. The Labute approximate surface area is 311 Å². The highest BCUT2D eigenvalue weighted by molar-refractivity contribution is 6.32. The number of methoxy groups -OCH3 is 2. The van der Waals surface area contributed by atoms with Crippen LogP contribution in [0.15, 0.2) is 96.6 Å². The molecule has 0 bridgehead atoms. The molecule has 1 saturated carbocycles. The number of phenolic OH excluding ortho intramolecular Hbond substituents is 1. The molecular formula is C42H38ClN3O7. The van der Waals surface area contributed by atoms with Gasteiger partial charge in [-0.05, 0) is 68.0 Å². The van der Waals surface area contributed by atoms with E-state index in [-0.39, 0.29) is 41.7 Å². The van der Waals surface area contributed by atoms with Crippen molar-refractivity contribution in [2.75, 3.05) is 24.5 Å². The van der Waals surface area contributed by atoms with E-state index in [0.29, 0.717) is 33.3 Å². The van der Waals surface area contributed by atoms with Crippen molar-refractivity contribution in [3.63, 3.8) is 0 Å². The highest BCUT2D eigenvalue weighted by atomic mass is 35.5. The van der Waals surface area contributed by atoms with Gasteiger partial charge in [0.2, 0.25) is 11.8 Å². The average Bonchev–Trinajstić information content (AvgIpc) is 3.54. The van der Waals surface area contributed by atoms with E-state index >= 15 is 4.79 Å². The summed E-state index contributed by atoms with van der Waals surface area (Å²) in [4.78, 5) is 60.3. The first-order chi connectivity index (χ1) is 25.5. The number of halogens is 1. The van der Waals surface area contributed by atoms with Crippen molar-refractivity contribution in [2.24, 2.45) is 23.7 Å². The molecule has 0 aromatic heterocycles. The van der Waals surface area contributed by atoms with Crippen molar-refractivity contribution >= 4 is 46.6 Å². The molecule has 6 atom stereocenters. The van der Waals surface area contributed by atoms with Gasteiger partial charge in [-0.15, -0.1) is 0 Å². The number of carbonyl (C=O) groups excluding carboxylic acids is 4. The molecule has 4 amide bonds. The van der Waals surface area contributed by atoms with E-state index < -0.39 is 46.8 Å². The van der Waals surface area contributed by atoms with Crippen molar-refractivity contribution in [2.45, 2.75) is 38.0 Å². The minimum Gasteiger partial charge on any atom is -0.507 e. The summed E-state index contributed by atoms with van der Waals surface area (Å²) in [6, 6.07) is 24.7. The number of fused-ring (bicyclic) bond motifs is 4. The van der Waals surface area contributed by atoms with Crippen LogP contribution in [0.5, 0.6) is 17.2 Å². The zero-order chi connectivity index (χ0) is 37.3. The van der Waals surface area contributed by atoms with Gasteiger partial charge in [-0.2, -0.15) is 5.01 Å². The largest absolute Gasteiger partial charge is 0.507 e. The van der Waals surface area contributed by atoms with Gasteiger partial charge in [0, 0.05) is 28.6 Å². The standard InChI is InChI=1S/C42H38ClN3O7/c1-22-10-13-25(14-11-22)44-46-39(49)31-21-30-28(16-17-29-35(30)40(50)45(38(29)48)26-15-12-23(2)32(43)18-26)37(36-33(47)19-27(52-3)20-34(36)53-4)42(31,41(46)51)24-8-6-5-7-9-24/h5-16,18-20,29-31,35,37,44,47H,17,21H2,1-4H3/t29-,30+,31-,35-,37+,42+/m0/s1. The summed E-state index contributed by atoms with van der Waals surface area (Å²) in [5, 5.41) is 13.4. The molecule has 2 aliphatic heterocycles. The third-order valence-electron chi connectivity index (χ3n) is 11.6. The number of anilines is 2. The van der Waals surface area contributed by atoms with Crippen LogP contribution in [0.4, 0.5) is 11.4 Å². The number of hydrogen-bond acceptors (Lipinski definition) is 8. The number of amides is 4. The molecule has 3 fully saturated rings. The molecule has 2 aliphatic carbocycles. The highest BCUT2D eigenvalue weighted by Gasteiger charge is 2.71. The Morgan fingerprint density at radius 1 is 0.849 bits per heavy atom. The number of nitrogens with zero attached hydrogens (tertiary/aromatic N) is 2. The maximum absolute atomic E-state index is 15.4. The van der Waals surface area contributed by atoms with Crippen LogP contribution in [0.2, 0.25) is 5.02 Å². The van der Waals surface area contributed by atoms with Crippen LogP contribution in [-0.2, 0) is 24.6 Å². The van der Waals surface area contributed by atoms with Gasteiger partial charge in [-0.1, -0.05) is 77.3 Å². The first-order valence-electron chi connectivity index (χ1n) is 17.6. The number of imide groups is 2. The zero-order valence-corrected chi connectivity index (χ0v) is 30.4. The van der Waals surface area contributed by atoms with Crippen LogP contribution in [0.3, 0.4) is 0 Å². The normalized spacial score (nSPS) is 26.2. The molecule has 0 unspecified atom stereocenters. The van der Waals surface area contributed by atoms with E-state index in [9.17, 15) is 19.5 Å². The number of rotatable bonds is 7. The number of hydrazine groups is 1. The Balaban J connectivity index is 1.35. The average molecular weight is 732 g/mol. The van der Waals surface area contributed by atoms with Crippen molar-refractivity contribution in [3.05, 3.63) is 124 Å². The van der Waals surface area contributed by atoms with Crippen LogP contribution >= 0.6 is 11.6 Å². The minimum atomic E-state index is -1.58. The Bertz CT molecular complexity index is 2220. The van der Waals surface area contributed by atoms with Gasteiger partial charge in [0.15, 0.2) is 0 Å².